The standard InChI is InChI=1S/C36H38N8O3.4ClH/c1-23(2)32(43-36(46)47-3)35(45)44-18-8-13-31(44)34-40-22-30(42-34)25-15-14-24(28(19-25)26-10-6-16-37-20-26)9-4-5-11-27-21-39-33(41-27)29-12-7-17-38-29;;;;/h6,10,14-16,19-23,29,31-32,38H,7-8,12-13,17-18H2,1-3H3,(H,39,41)(H,40,42)(H,43,46);4*1H/t29?,31?,32-;;;;/m0..../s1. The van der Waals surface area contributed by atoms with Gasteiger partial charge >= 0.3 is 6.09 Å². The molecule has 2 unspecified atom stereocenters. The smallest absolute Gasteiger partial charge is 0.407 e. The molecule has 3 atom stereocenters. The van der Waals surface area contributed by atoms with Crippen LogP contribution in [0.25, 0.3) is 22.4 Å². The number of imidazole rings is 2. The Labute approximate surface area is 323 Å². The topological polar surface area (TPSA) is 141 Å². The van der Waals surface area contributed by atoms with Gasteiger partial charge in [0.05, 0.1) is 37.3 Å². The van der Waals surface area contributed by atoms with E-state index < -0.39 is 12.1 Å². The normalized spacial score (nSPS) is 16.4. The molecule has 2 amide bonds. The largest absolute Gasteiger partial charge is 0.453 e. The number of H-pyrrole nitrogens is 2. The Bertz CT molecular complexity index is 1870. The number of pyridine rings is 1. The van der Waals surface area contributed by atoms with Crippen LogP contribution in [0, 0.1) is 29.6 Å². The van der Waals surface area contributed by atoms with Crippen LogP contribution in [-0.2, 0) is 9.53 Å². The number of nitrogens with zero attached hydrogens (tertiary/aromatic N) is 4. The van der Waals surface area contributed by atoms with Gasteiger partial charge in [-0.2, -0.15) is 0 Å². The van der Waals surface area contributed by atoms with E-state index in [1.54, 1.807) is 23.5 Å². The lowest BCUT2D eigenvalue weighted by Gasteiger charge is -2.30. The molecule has 3 aromatic heterocycles. The molecule has 2 aliphatic heterocycles. The first-order valence-electron chi connectivity index (χ1n) is 16.0. The van der Waals surface area contributed by atoms with E-state index in [4.69, 9.17) is 9.72 Å². The minimum Gasteiger partial charge on any atom is -0.453 e. The van der Waals surface area contributed by atoms with Crippen LogP contribution in [0.5, 0.6) is 0 Å². The van der Waals surface area contributed by atoms with Crippen LogP contribution in [0.4, 0.5) is 4.79 Å². The predicted molar refractivity (Wildman–Crippen MR) is 206 cm³/mol. The zero-order valence-electron chi connectivity index (χ0n) is 28.4. The molecule has 0 bridgehead atoms. The molecule has 6 rings (SSSR count). The highest BCUT2D eigenvalue weighted by Gasteiger charge is 2.37. The van der Waals surface area contributed by atoms with Gasteiger partial charge < -0.3 is 30.2 Å². The van der Waals surface area contributed by atoms with Gasteiger partial charge in [-0.05, 0) is 79.7 Å². The van der Waals surface area contributed by atoms with Gasteiger partial charge in [0, 0.05) is 35.6 Å². The number of rotatable bonds is 7. The van der Waals surface area contributed by atoms with E-state index in [1.165, 1.54) is 7.11 Å². The molecule has 0 aliphatic carbocycles. The highest BCUT2D eigenvalue weighted by Crippen LogP contribution is 2.34. The number of hydrogen-bond acceptors (Lipinski definition) is 7. The summed E-state index contributed by atoms with van der Waals surface area (Å²) in [5.74, 6) is 13.6. The molecule has 1 aromatic carbocycles. The van der Waals surface area contributed by atoms with Crippen LogP contribution >= 0.6 is 49.6 Å². The molecular formula is C36H42Cl4N8O3. The number of ether oxygens (including phenoxy) is 1. The number of likely N-dealkylation sites (tertiary alicyclic amines) is 1. The van der Waals surface area contributed by atoms with Crippen molar-refractivity contribution < 1.29 is 14.3 Å². The summed E-state index contributed by atoms with van der Waals surface area (Å²) < 4.78 is 4.76. The maximum atomic E-state index is 13.6. The summed E-state index contributed by atoms with van der Waals surface area (Å²) >= 11 is 0. The molecule has 0 radical (unpaired) electrons. The first-order chi connectivity index (χ1) is 22.9. The summed E-state index contributed by atoms with van der Waals surface area (Å²) in [7, 11) is 1.29. The van der Waals surface area contributed by atoms with E-state index in [2.05, 4.69) is 60.3 Å². The third-order valence-electron chi connectivity index (χ3n) is 8.58. The van der Waals surface area contributed by atoms with Gasteiger partial charge in [-0.15, -0.1) is 49.6 Å². The number of benzene rings is 1. The lowest BCUT2D eigenvalue weighted by Crippen LogP contribution is -2.51. The Kier molecular flexibility index (Phi) is 16.8. The van der Waals surface area contributed by atoms with Crippen molar-refractivity contribution in [2.24, 2.45) is 5.92 Å². The summed E-state index contributed by atoms with van der Waals surface area (Å²) in [6.07, 6.45) is 10.3. The highest BCUT2D eigenvalue weighted by molar-refractivity contribution is 5.87. The quantitative estimate of drug-likeness (QED) is 0.159. The zero-order valence-corrected chi connectivity index (χ0v) is 31.7. The summed E-state index contributed by atoms with van der Waals surface area (Å²) in [6, 6.07) is 9.28. The van der Waals surface area contributed by atoms with Gasteiger partial charge in [-0.1, -0.05) is 31.9 Å². The second kappa shape index (κ2) is 20.0. The Hall–Kier alpha value is -4.23. The van der Waals surface area contributed by atoms with Crippen molar-refractivity contribution in [2.75, 3.05) is 20.2 Å². The van der Waals surface area contributed by atoms with Crippen molar-refractivity contribution in [1.29, 1.82) is 0 Å². The molecule has 4 N–H and O–H groups in total. The Morgan fingerprint density at radius 1 is 0.941 bits per heavy atom. The Morgan fingerprint density at radius 3 is 2.43 bits per heavy atom. The van der Waals surface area contributed by atoms with E-state index in [0.29, 0.717) is 12.4 Å². The summed E-state index contributed by atoms with van der Waals surface area (Å²) in [4.78, 5) is 47.6. The monoisotopic (exact) mass is 774 g/mol. The Morgan fingerprint density at radius 2 is 1.73 bits per heavy atom. The van der Waals surface area contributed by atoms with Crippen LogP contribution in [0.15, 0.2) is 55.1 Å². The summed E-state index contributed by atoms with van der Waals surface area (Å²) in [6.45, 7) is 5.40. The van der Waals surface area contributed by atoms with E-state index in [1.807, 2.05) is 44.3 Å². The predicted octanol–water partition coefficient (Wildman–Crippen LogP) is 6.42. The number of nitrogens with one attached hydrogen (secondary N) is 4. The molecular weight excluding hydrogens is 734 g/mol. The summed E-state index contributed by atoms with van der Waals surface area (Å²) in [5.41, 5.74) is 5.16. The van der Waals surface area contributed by atoms with Gasteiger partial charge in [0.1, 0.15) is 23.4 Å². The molecule has 272 valence electrons. The van der Waals surface area contributed by atoms with Crippen molar-refractivity contribution in [2.45, 2.75) is 57.7 Å². The van der Waals surface area contributed by atoms with Crippen LogP contribution < -0.4 is 10.6 Å². The number of aromatic amines is 2. The van der Waals surface area contributed by atoms with Crippen LogP contribution in [-0.4, -0.2) is 68.1 Å². The molecule has 5 heterocycles. The number of hydrogen-bond donors (Lipinski definition) is 4. The fourth-order valence-electron chi connectivity index (χ4n) is 6.12. The fourth-order valence-corrected chi connectivity index (χ4v) is 6.12. The molecule has 4 aromatic rings. The van der Waals surface area contributed by atoms with E-state index in [-0.39, 0.29) is 73.5 Å². The van der Waals surface area contributed by atoms with Crippen molar-refractivity contribution in [3.63, 3.8) is 0 Å². The lowest BCUT2D eigenvalue weighted by atomic mass is 9.97. The molecule has 51 heavy (non-hydrogen) atoms. The van der Waals surface area contributed by atoms with E-state index in [0.717, 1.165) is 71.7 Å². The average Bonchev–Trinajstić information content (AvgIpc) is 3.92. The molecule has 2 saturated heterocycles. The van der Waals surface area contributed by atoms with Crippen molar-refractivity contribution in [3.8, 4) is 46.1 Å². The van der Waals surface area contributed by atoms with Gasteiger partial charge in [0.2, 0.25) is 5.91 Å². The van der Waals surface area contributed by atoms with Crippen LogP contribution in [0.3, 0.4) is 0 Å². The number of carbonyl (C=O) groups excluding carboxylic acids is 2. The minimum absolute atomic E-state index is 0. The number of methoxy groups -OCH3 is 1. The SMILES string of the molecule is COC(=O)N[C@H](C(=O)N1CCCC1c1ncc(-c2ccc(C#CC#Cc3cnc(C4CCCN4)[nH]3)c(-c3cccnc3)c2)[nH]1)C(C)C.Cl.Cl.Cl.Cl. The maximum Gasteiger partial charge on any atom is 0.407 e. The molecule has 2 aliphatic rings. The minimum atomic E-state index is -0.691. The highest BCUT2D eigenvalue weighted by atomic mass is 35.5. The first-order valence-corrected chi connectivity index (χ1v) is 16.0. The van der Waals surface area contributed by atoms with Crippen LogP contribution in [0.1, 0.15) is 74.5 Å². The third kappa shape index (κ3) is 10.2. The van der Waals surface area contributed by atoms with Gasteiger partial charge in [-0.25, -0.2) is 14.8 Å². The average molecular weight is 777 g/mol. The molecule has 2 fully saturated rings. The van der Waals surface area contributed by atoms with Gasteiger partial charge in [0.25, 0.3) is 0 Å². The number of halogens is 4. The third-order valence-corrected chi connectivity index (χ3v) is 8.58. The number of aromatic nitrogens is 5. The second-order valence-corrected chi connectivity index (χ2v) is 12.1. The molecule has 15 heteroatoms. The Balaban J connectivity index is 0.00000225. The zero-order chi connectivity index (χ0) is 32.8. The fraction of sp³-hybridized carbons (Fsp3) is 0.361. The van der Waals surface area contributed by atoms with Crippen LogP contribution in [0.2, 0.25) is 0 Å². The first kappa shape index (κ1) is 42.9. The lowest BCUT2D eigenvalue weighted by molar-refractivity contribution is -0.135. The van der Waals surface area contributed by atoms with Gasteiger partial charge in [0.15, 0.2) is 0 Å². The van der Waals surface area contributed by atoms with Crippen molar-refractivity contribution in [1.82, 2.24) is 40.5 Å². The molecule has 0 spiro atoms. The molecule has 0 saturated carbocycles. The second-order valence-electron chi connectivity index (χ2n) is 12.1. The van der Waals surface area contributed by atoms with Crippen molar-refractivity contribution >= 4 is 61.6 Å². The van der Waals surface area contributed by atoms with Gasteiger partial charge in [-0.3, -0.25) is 9.78 Å². The van der Waals surface area contributed by atoms with E-state index >= 15 is 0 Å². The number of alkyl carbamates (subject to hydrolysis) is 1. The molecule has 11 nitrogen and oxygen atoms in total. The number of carbonyl (C=O) groups is 2. The maximum absolute atomic E-state index is 13.6. The number of amides is 2. The van der Waals surface area contributed by atoms with Crippen molar-refractivity contribution in [3.05, 3.63) is 78.0 Å². The van der Waals surface area contributed by atoms with E-state index in [9.17, 15) is 9.59 Å². The summed E-state index contributed by atoms with van der Waals surface area (Å²) in [5, 5.41) is 6.13.